The van der Waals surface area contributed by atoms with Gasteiger partial charge in [0.1, 0.15) is 11.1 Å². The molecule has 28 heavy (non-hydrogen) atoms. The molecule has 0 saturated carbocycles. The summed E-state index contributed by atoms with van der Waals surface area (Å²) in [6, 6.07) is 15.0. The maximum Gasteiger partial charge on any atom is 0.269 e. The molecular formula is C20H11Cl2N3O2S. The number of halogens is 2. The first kappa shape index (κ1) is 19.9. The first-order chi connectivity index (χ1) is 13.4. The van der Waals surface area contributed by atoms with Crippen LogP contribution in [0.3, 0.4) is 0 Å². The van der Waals surface area contributed by atoms with Crippen LogP contribution in [0.5, 0.6) is 0 Å². The SMILES string of the molecule is C=C(c1cnc(Sc2ccc([N+](=O)[O-])cc2)c(C#N)c1)c1c(Cl)cccc1Cl. The van der Waals surface area contributed by atoms with Crippen molar-refractivity contribution in [3.8, 4) is 6.07 Å². The van der Waals surface area contributed by atoms with Crippen LogP contribution in [0.15, 0.2) is 71.2 Å². The van der Waals surface area contributed by atoms with Crippen molar-refractivity contribution >= 4 is 46.2 Å². The van der Waals surface area contributed by atoms with E-state index < -0.39 is 4.92 Å². The molecule has 0 N–H and O–H groups in total. The van der Waals surface area contributed by atoms with Gasteiger partial charge in [0.05, 0.1) is 10.5 Å². The van der Waals surface area contributed by atoms with E-state index in [-0.39, 0.29) is 5.69 Å². The van der Waals surface area contributed by atoms with Crippen molar-refractivity contribution in [1.82, 2.24) is 4.98 Å². The van der Waals surface area contributed by atoms with E-state index in [1.165, 1.54) is 23.9 Å². The van der Waals surface area contributed by atoms with E-state index in [1.807, 2.05) is 0 Å². The van der Waals surface area contributed by atoms with Gasteiger partial charge in [-0.3, -0.25) is 10.1 Å². The van der Waals surface area contributed by atoms with Gasteiger partial charge in [0.15, 0.2) is 0 Å². The molecular weight excluding hydrogens is 417 g/mol. The van der Waals surface area contributed by atoms with E-state index in [0.29, 0.717) is 37.3 Å². The Morgan fingerprint density at radius 3 is 2.39 bits per heavy atom. The lowest BCUT2D eigenvalue weighted by Gasteiger charge is -2.12. The lowest BCUT2D eigenvalue weighted by molar-refractivity contribution is -0.384. The number of rotatable bonds is 5. The lowest BCUT2D eigenvalue weighted by Crippen LogP contribution is -1.94. The fourth-order valence-electron chi connectivity index (χ4n) is 2.46. The van der Waals surface area contributed by atoms with Gasteiger partial charge in [-0.05, 0) is 35.9 Å². The van der Waals surface area contributed by atoms with Crippen molar-refractivity contribution in [2.24, 2.45) is 0 Å². The molecule has 3 aromatic rings. The topological polar surface area (TPSA) is 79.8 Å². The summed E-state index contributed by atoms with van der Waals surface area (Å²) in [5, 5.41) is 21.7. The number of non-ortho nitro benzene ring substituents is 1. The smallest absolute Gasteiger partial charge is 0.258 e. The van der Waals surface area contributed by atoms with Crippen molar-refractivity contribution in [3.63, 3.8) is 0 Å². The van der Waals surface area contributed by atoms with Crippen LogP contribution in [0, 0.1) is 21.4 Å². The minimum absolute atomic E-state index is 0.00100. The number of nitrogens with zero attached hydrogens (tertiary/aromatic N) is 3. The summed E-state index contributed by atoms with van der Waals surface area (Å²) in [7, 11) is 0. The van der Waals surface area contributed by atoms with Crippen LogP contribution >= 0.6 is 35.0 Å². The second-order valence-electron chi connectivity index (χ2n) is 5.62. The van der Waals surface area contributed by atoms with Gasteiger partial charge in [0.25, 0.3) is 5.69 Å². The first-order valence-electron chi connectivity index (χ1n) is 7.87. The second-order valence-corrected chi connectivity index (χ2v) is 7.49. The maximum atomic E-state index is 10.8. The Labute approximate surface area is 175 Å². The first-order valence-corrected chi connectivity index (χ1v) is 9.44. The Morgan fingerprint density at radius 1 is 1.18 bits per heavy atom. The molecule has 0 amide bonds. The van der Waals surface area contributed by atoms with Crippen LogP contribution in [0.2, 0.25) is 10.0 Å². The molecule has 0 fully saturated rings. The summed E-state index contributed by atoms with van der Waals surface area (Å²) in [6.45, 7) is 4.04. The lowest BCUT2D eigenvalue weighted by atomic mass is 10.00. The second kappa shape index (κ2) is 8.44. The number of benzene rings is 2. The minimum atomic E-state index is -0.465. The molecule has 8 heteroatoms. The highest BCUT2D eigenvalue weighted by Gasteiger charge is 2.15. The quantitative estimate of drug-likeness (QED) is 0.348. The number of nitro benzene ring substituents is 1. The largest absolute Gasteiger partial charge is 0.269 e. The molecule has 0 bridgehead atoms. The number of pyridine rings is 1. The molecule has 0 saturated heterocycles. The van der Waals surface area contributed by atoms with Crippen molar-refractivity contribution < 1.29 is 4.92 Å². The third-order valence-electron chi connectivity index (χ3n) is 3.85. The van der Waals surface area contributed by atoms with Crippen LogP contribution in [-0.4, -0.2) is 9.91 Å². The van der Waals surface area contributed by atoms with E-state index >= 15 is 0 Å². The number of nitriles is 1. The number of hydrogen-bond donors (Lipinski definition) is 0. The Balaban J connectivity index is 1.91. The van der Waals surface area contributed by atoms with E-state index in [1.54, 1.807) is 42.6 Å². The van der Waals surface area contributed by atoms with E-state index in [2.05, 4.69) is 17.6 Å². The summed E-state index contributed by atoms with van der Waals surface area (Å²) >= 11 is 13.7. The minimum Gasteiger partial charge on any atom is -0.258 e. The molecule has 1 aromatic heterocycles. The highest BCUT2D eigenvalue weighted by Crippen LogP contribution is 2.36. The molecule has 0 spiro atoms. The van der Waals surface area contributed by atoms with Crippen molar-refractivity contribution in [3.05, 3.63) is 98.2 Å². The average Bonchev–Trinajstić information content (AvgIpc) is 2.68. The predicted molar refractivity (Wildman–Crippen MR) is 111 cm³/mol. The zero-order chi connectivity index (χ0) is 20.3. The summed E-state index contributed by atoms with van der Waals surface area (Å²) in [5.74, 6) is 0. The van der Waals surface area contributed by atoms with Gasteiger partial charge >= 0.3 is 0 Å². The van der Waals surface area contributed by atoms with E-state index in [4.69, 9.17) is 23.2 Å². The van der Waals surface area contributed by atoms with Gasteiger partial charge in [-0.25, -0.2) is 4.98 Å². The van der Waals surface area contributed by atoms with Gasteiger partial charge in [-0.15, -0.1) is 0 Å². The van der Waals surface area contributed by atoms with Gasteiger partial charge in [-0.1, -0.05) is 47.6 Å². The summed E-state index contributed by atoms with van der Waals surface area (Å²) in [6.07, 6.45) is 1.59. The Bertz CT molecular complexity index is 1110. The van der Waals surface area contributed by atoms with Crippen molar-refractivity contribution in [2.45, 2.75) is 9.92 Å². The Kier molecular flexibility index (Phi) is 6.00. The number of aromatic nitrogens is 1. The molecule has 0 atom stereocenters. The van der Waals surface area contributed by atoms with Crippen molar-refractivity contribution in [1.29, 1.82) is 5.26 Å². The summed E-state index contributed by atoms with van der Waals surface area (Å²) in [4.78, 5) is 15.4. The molecule has 0 unspecified atom stereocenters. The Morgan fingerprint density at radius 2 is 1.82 bits per heavy atom. The standard InChI is InChI=1S/C20H11Cl2N3O2S/c1-12(19-17(21)3-2-4-18(19)22)14-9-13(10-23)20(24-11-14)28-16-7-5-15(6-8-16)25(26)27/h2-9,11H,1H2. The van der Waals surface area contributed by atoms with Crippen LogP contribution in [0.25, 0.3) is 5.57 Å². The third kappa shape index (κ3) is 4.18. The fraction of sp³-hybridized carbons (Fsp3) is 0. The monoisotopic (exact) mass is 427 g/mol. The highest BCUT2D eigenvalue weighted by molar-refractivity contribution is 7.99. The molecule has 2 aromatic carbocycles. The Hall–Kier alpha value is -2.85. The van der Waals surface area contributed by atoms with Gasteiger partial charge in [0, 0.05) is 44.4 Å². The normalized spacial score (nSPS) is 10.3. The molecule has 0 aliphatic carbocycles. The van der Waals surface area contributed by atoms with Crippen molar-refractivity contribution in [2.75, 3.05) is 0 Å². The predicted octanol–water partition coefficient (Wildman–Crippen LogP) is 6.38. The molecule has 1 heterocycles. The molecule has 0 aliphatic heterocycles. The van der Waals surface area contributed by atoms with Crippen LogP contribution in [0.1, 0.15) is 16.7 Å². The fourth-order valence-corrected chi connectivity index (χ4v) is 3.90. The molecule has 3 rings (SSSR count). The van der Waals surface area contributed by atoms with Gasteiger partial charge in [-0.2, -0.15) is 5.26 Å². The van der Waals surface area contributed by atoms with Crippen LogP contribution in [0.4, 0.5) is 5.69 Å². The van der Waals surface area contributed by atoms with E-state index in [9.17, 15) is 15.4 Å². The molecule has 0 aliphatic rings. The van der Waals surface area contributed by atoms with Crippen LogP contribution < -0.4 is 0 Å². The third-order valence-corrected chi connectivity index (χ3v) is 5.50. The number of nitro groups is 1. The zero-order valence-corrected chi connectivity index (χ0v) is 16.6. The summed E-state index contributed by atoms with van der Waals surface area (Å²) in [5.41, 5.74) is 2.13. The van der Waals surface area contributed by atoms with Gasteiger partial charge in [0.2, 0.25) is 0 Å². The molecule has 138 valence electrons. The highest BCUT2D eigenvalue weighted by atomic mass is 35.5. The van der Waals surface area contributed by atoms with E-state index in [0.717, 1.165) is 4.90 Å². The summed E-state index contributed by atoms with van der Waals surface area (Å²) < 4.78 is 0. The maximum absolute atomic E-state index is 10.8. The molecule has 5 nitrogen and oxygen atoms in total. The van der Waals surface area contributed by atoms with Gasteiger partial charge < -0.3 is 0 Å². The number of hydrogen-bond acceptors (Lipinski definition) is 5. The van der Waals surface area contributed by atoms with Crippen LogP contribution in [-0.2, 0) is 0 Å². The zero-order valence-electron chi connectivity index (χ0n) is 14.2. The average molecular weight is 428 g/mol. The molecule has 0 radical (unpaired) electrons.